The van der Waals surface area contributed by atoms with Crippen molar-refractivity contribution in [2.45, 2.75) is 9.79 Å². The van der Waals surface area contributed by atoms with Gasteiger partial charge in [0.05, 0.1) is 16.3 Å². The monoisotopic (exact) mass is 275 g/mol. The Balaban J connectivity index is 2.40. The van der Waals surface area contributed by atoms with E-state index in [2.05, 4.69) is 0 Å². The average molecular weight is 275 g/mol. The van der Waals surface area contributed by atoms with Crippen LogP contribution in [0.1, 0.15) is 10.4 Å². The molecule has 0 aliphatic rings. The summed E-state index contributed by atoms with van der Waals surface area (Å²) in [6.45, 7) is -0.0925. The summed E-state index contributed by atoms with van der Waals surface area (Å²) in [4.78, 5) is 11.8. The molecule has 2 aromatic rings. The van der Waals surface area contributed by atoms with Crippen LogP contribution in [0.2, 0.25) is 0 Å². The Bertz CT molecular complexity index is 676. The van der Waals surface area contributed by atoms with Crippen molar-refractivity contribution < 1.29 is 13.2 Å². The van der Waals surface area contributed by atoms with Crippen LogP contribution < -0.4 is 5.73 Å². The predicted octanol–water partition coefficient (Wildman–Crippen LogP) is 1.66. The molecule has 0 saturated carbocycles. The van der Waals surface area contributed by atoms with Crippen LogP contribution in [-0.4, -0.2) is 20.7 Å². The van der Waals surface area contributed by atoms with Gasteiger partial charge in [-0.2, -0.15) is 0 Å². The Kier molecular flexibility index (Phi) is 3.78. The van der Waals surface area contributed by atoms with Gasteiger partial charge in [-0.1, -0.05) is 30.3 Å². The van der Waals surface area contributed by atoms with Crippen molar-refractivity contribution in [1.29, 1.82) is 0 Å². The zero-order valence-corrected chi connectivity index (χ0v) is 10.9. The van der Waals surface area contributed by atoms with Crippen LogP contribution in [0.15, 0.2) is 64.4 Å². The van der Waals surface area contributed by atoms with E-state index in [0.717, 1.165) is 0 Å². The minimum absolute atomic E-state index is 0.0925. The van der Waals surface area contributed by atoms with E-state index in [1.165, 1.54) is 36.4 Å². The third kappa shape index (κ3) is 2.72. The fraction of sp³-hybridized carbons (Fsp3) is 0.0714. The number of ketones is 1. The van der Waals surface area contributed by atoms with Gasteiger partial charge >= 0.3 is 0 Å². The lowest BCUT2D eigenvalue weighted by Crippen LogP contribution is -2.13. The van der Waals surface area contributed by atoms with Gasteiger partial charge < -0.3 is 5.73 Å². The lowest BCUT2D eigenvalue weighted by molar-refractivity contribution is 0.100. The van der Waals surface area contributed by atoms with E-state index in [4.69, 9.17) is 5.73 Å². The van der Waals surface area contributed by atoms with Crippen LogP contribution >= 0.6 is 0 Å². The maximum absolute atomic E-state index is 12.3. The minimum atomic E-state index is -3.53. The van der Waals surface area contributed by atoms with Crippen LogP contribution in [0, 0.1) is 0 Å². The summed E-state index contributed by atoms with van der Waals surface area (Å²) in [5.74, 6) is -0.219. The van der Waals surface area contributed by atoms with Gasteiger partial charge in [0.15, 0.2) is 5.78 Å². The molecule has 0 aromatic heterocycles. The first-order valence-electron chi connectivity index (χ1n) is 5.69. The maximum Gasteiger partial charge on any atom is 0.206 e. The van der Waals surface area contributed by atoms with Gasteiger partial charge in [0.25, 0.3) is 0 Å². The van der Waals surface area contributed by atoms with Crippen molar-refractivity contribution in [2.24, 2.45) is 5.73 Å². The molecule has 2 rings (SSSR count). The number of sulfone groups is 1. The topological polar surface area (TPSA) is 77.2 Å². The Morgan fingerprint density at radius 3 is 1.95 bits per heavy atom. The van der Waals surface area contributed by atoms with Crippen molar-refractivity contribution in [1.82, 2.24) is 0 Å². The molecule has 19 heavy (non-hydrogen) atoms. The summed E-state index contributed by atoms with van der Waals surface area (Å²) in [6, 6.07) is 14.0. The second-order valence-electron chi connectivity index (χ2n) is 3.97. The molecule has 0 spiro atoms. The van der Waals surface area contributed by atoms with Gasteiger partial charge in [-0.15, -0.1) is 0 Å². The molecule has 0 saturated heterocycles. The molecule has 2 N–H and O–H groups in total. The van der Waals surface area contributed by atoms with Gasteiger partial charge in [0.2, 0.25) is 9.84 Å². The normalized spacial score (nSPS) is 11.2. The molecule has 0 bridgehead atoms. The Morgan fingerprint density at radius 1 is 0.895 bits per heavy atom. The molecule has 0 amide bonds. The Morgan fingerprint density at radius 2 is 1.42 bits per heavy atom. The number of nitrogens with two attached hydrogens (primary N) is 1. The number of rotatable bonds is 4. The Labute approximate surface area is 111 Å². The second kappa shape index (κ2) is 5.34. The van der Waals surface area contributed by atoms with Gasteiger partial charge in [-0.25, -0.2) is 8.42 Å². The molecule has 0 aliphatic carbocycles. The molecule has 0 atom stereocenters. The number of carbonyl (C=O) groups is 1. The molecule has 0 aliphatic heterocycles. The molecule has 4 nitrogen and oxygen atoms in total. The lowest BCUT2D eigenvalue weighted by Gasteiger charge is -2.05. The molecule has 0 unspecified atom stereocenters. The molecule has 5 heteroatoms. The fourth-order valence-electron chi connectivity index (χ4n) is 1.67. The van der Waals surface area contributed by atoms with Crippen molar-refractivity contribution >= 4 is 15.6 Å². The number of benzene rings is 2. The van der Waals surface area contributed by atoms with Gasteiger partial charge in [-0.05, 0) is 24.3 Å². The minimum Gasteiger partial charge on any atom is -0.324 e. The first kappa shape index (κ1) is 13.5. The quantitative estimate of drug-likeness (QED) is 0.861. The zero-order chi connectivity index (χ0) is 13.9. The second-order valence-corrected chi connectivity index (χ2v) is 5.92. The van der Waals surface area contributed by atoms with Crippen LogP contribution in [-0.2, 0) is 9.84 Å². The summed E-state index contributed by atoms with van der Waals surface area (Å²) >= 11 is 0. The van der Waals surface area contributed by atoms with E-state index < -0.39 is 9.84 Å². The van der Waals surface area contributed by atoms with E-state index >= 15 is 0 Å². The Hall–Kier alpha value is -1.98. The van der Waals surface area contributed by atoms with Crippen LogP contribution in [0.3, 0.4) is 0 Å². The first-order chi connectivity index (χ1) is 9.05. The smallest absolute Gasteiger partial charge is 0.206 e. The van der Waals surface area contributed by atoms with Gasteiger partial charge in [0.1, 0.15) is 0 Å². The zero-order valence-electron chi connectivity index (χ0n) is 10.1. The van der Waals surface area contributed by atoms with Gasteiger partial charge in [0, 0.05) is 5.56 Å². The van der Waals surface area contributed by atoms with E-state index in [-0.39, 0.29) is 22.1 Å². The largest absolute Gasteiger partial charge is 0.324 e. The van der Waals surface area contributed by atoms with Crippen molar-refractivity contribution in [3.63, 3.8) is 0 Å². The summed E-state index contributed by atoms with van der Waals surface area (Å²) in [5.41, 5.74) is 5.66. The van der Waals surface area contributed by atoms with Crippen molar-refractivity contribution in [2.75, 3.05) is 6.54 Å². The predicted molar refractivity (Wildman–Crippen MR) is 71.7 cm³/mol. The highest BCUT2D eigenvalue weighted by Crippen LogP contribution is 2.20. The molecular formula is C14H13NO3S. The highest BCUT2D eigenvalue weighted by Gasteiger charge is 2.17. The highest BCUT2D eigenvalue weighted by atomic mass is 32.2. The van der Waals surface area contributed by atoms with Crippen LogP contribution in [0.25, 0.3) is 0 Å². The lowest BCUT2D eigenvalue weighted by atomic mass is 10.1. The third-order valence-electron chi connectivity index (χ3n) is 2.73. The van der Waals surface area contributed by atoms with E-state index in [1.54, 1.807) is 18.2 Å². The number of hydrogen-bond acceptors (Lipinski definition) is 4. The van der Waals surface area contributed by atoms with Crippen LogP contribution in [0.5, 0.6) is 0 Å². The summed E-state index contributed by atoms with van der Waals surface area (Å²) in [5, 5.41) is 0. The van der Waals surface area contributed by atoms with E-state index in [0.29, 0.717) is 5.56 Å². The number of hydrogen-bond donors (Lipinski definition) is 1. The van der Waals surface area contributed by atoms with E-state index in [9.17, 15) is 13.2 Å². The molecule has 0 radical (unpaired) electrons. The SMILES string of the molecule is NCC(=O)c1ccc(S(=O)(=O)c2ccccc2)cc1. The molecule has 0 heterocycles. The van der Waals surface area contributed by atoms with Crippen LogP contribution in [0.4, 0.5) is 0 Å². The fourth-order valence-corrected chi connectivity index (χ4v) is 2.96. The van der Waals surface area contributed by atoms with E-state index in [1.807, 2.05) is 0 Å². The highest BCUT2D eigenvalue weighted by molar-refractivity contribution is 7.91. The standard InChI is InChI=1S/C14H13NO3S/c15-10-14(16)11-6-8-13(9-7-11)19(17,18)12-4-2-1-3-5-12/h1-9H,10,15H2. The molecule has 98 valence electrons. The maximum atomic E-state index is 12.3. The number of carbonyl (C=O) groups excluding carboxylic acids is 1. The molecule has 0 fully saturated rings. The average Bonchev–Trinajstić information content (AvgIpc) is 2.47. The van der Waals surface area contributed by atoms with Crippen molar-refractivity contribution in [3.05, 3.63) is 60.2 Å². The van der Waals surface area contributed by atoms with Gasteiger partial charge in [-0.3, -0.25) is 4.79 Å². The van der Waals surface area contributed by atoms with Crippen molar-refractivity contribution in [3.8, 4) is 0 Å². The summed E-state index contributed by atoms with van der Waals surface area (Å²) < 4.78 is 24.5. The molecule has 2 aromatic carbocycles. The number of Topliss-reactive ketones (excluding diaryl/α,β-unsaturated/α-hetero) is 1. The summed E-state index contributed by atoms with van der Waals surface area (Å²) in [7, 11) is -3.53. The summed E-state index contributed by atoms with van der Waals surface area (Å²) in [6.07, 6.45) is 0. The third-order valence-corrected chi connectivity index (χ3v) is 4.51. The first-order valence-corrected chi connectivity index (χ1v) is 7.17. The molecular weight excluding hydrogens is 262 g/mol.